The van der Waals surface area contributed by atoms with Crippen molar-refractivity contribution >= 4 is 5.97 Å². The Kier molecular flexibility index (Phi) is 5.77. The number of hydrogen-bond acceptors (Lipinski definition) is 4. The maximum absolute atomic E-state index is 11.2. The van der Waals surface area contributed by atoms with Crippen LogP contribution in [0, 0.1) is 0 Å². The van der Waals surface area contributed by atoms with E-state index in [2.05, 4.69) is 5.32 Å². The molecule has 0 heterocycles. The maximum Gasteiger partial charge on any atom is 0.307 e. The summed E-state index contributed by atoms with van der Waals surface area (Å²) in [6.07, 6.45) is 5.97. The summed E-state index contributed by atoms with van der Waals surface area (Å²) in [6, 6.07) is 0. The Bertz CT molecular complexity index is 212. The van der Waals surface area contributed by atoms with Gasteiger partial charge in [-0.15, -0.1) is 0 Å². The minimum atomic E-state index is -0.168. The van der Waals surface area contributed by atoms with Crippen LogP contribution in [0.5, 0.6) is 0 Å². The molecule has 4 nitrogen and oxygen atoms in total. The van der Waals surface area contributed by atoms with E-state index < -0.39 is 0 Å². The number of aliphatic hydroxyl groups is 1. The molecule has 0 amide bonds. The molecule has 0 aromatic heterocycles. The van der Waals surface area contributed by atoms with E-state index in [0.29, 0.717) is 19.6 Å². The first kappa shape index (κ1) is 13.5. The molecule has 0 saturated heterocycles. The van der Waals surface area contributed by atoms with Gasteiger partial charge in [-0.2, -0.15) is 0 Å². The topological polar surface area (TPSA) is 58.6 Å². The van der Waals surface area contributed by atoms with Crippen molar-refractivity contribution in [2.45, 2.75) is 51.0 Å². The Labute approximate surface area is 97.4 Å². The molecule has 0 aromatic rings. The molecular formula is C12H23NO3. The average molecular weight is 229 g/mol. The molecule has 0 aromatic carbocycles. The predicted molar refractivity (Wildman–Crippen MR) is 62.2 cm³/mol. The molecule has 1 aliphatic rings. The lowest BCUT2D eigenvalue weighted by Crippen LogP contribution is -2.50. The van der Waals surface area contributed by atoms with Crippen molar-refractivity contribution in [3.63, 3.8) is 0 Å². The molecule has 1 fully saturated rings. The van der Waals surface area contributed by atoms with E-state index in [1.54, 1.807) is 0 Å². The molecule has 0 spiro atoms. The van der Waals surface area contributed by atoms with Gasteiger partial charge in [0.25, 0.3) is 0 Å². The Morgan fingerprint density at radius 3 is 2.62 bits per heavy atom. The molecule has 94 valence electrons. The van der Waals surface area contributed by atoms with Crippen LogP contribution >= 0.6 is 0 Å². The van der Waals surface area contributed by atoms with Gasteiger partial charge in [-0.05, 0) is 19.8 Å². The molecule has 1 saturated carbocycles. The summed E-state index contributed by atoms with van der Waals surface area (Å²) >= 11 is 0. The number of nitrogens with one attached hydrogen (secondary N) is 1. The van der Waals surface area contributed by atoms with Crippen molar-refractivity contribution < 1.29 is 14.6 Å². The highest BCUT2D eigenvalue weighted by Crippen LogP contribution is 2.27. The standard InChI is InChI=1S/C12H23NO3/c1-2-16-11(15)6-9-13-12(10-14)7-4-3-5-8-12/h13-14H,2-10H2,1H3. The summed E-state index contributed by atoms with van der Waals surface area (Å²) < 4.78 is 4.86. The first-order valence-electron chi connectivity index (χ1n) is 6.24. The van der Waals surface area contributed by atoms with Crippen LogP contribution in [0.25, 0.3) is 0 Å². The zero-order chi connectivity index (χ0) is 11.9. The number of aliphatic hydroxyl groups excluding tert-OH is 1. The molecule has 0 atom stereocenters. The maximum atomic E-state index is 11.2. The summed E-state index contributed by atoms with van der Waals surface area (Å²) in [4.78, 5) is 11.2. The van der Waals surface area contributed by atoms with Crippen LogP contribution in [0.2, 0.25) is 0 Å². The van der Waals surface area contributed by atoms with E-state index >= 15 is 0 Å². The highest BCUT2D eigenvalue weighted by molar-refractivity contribution is 5.69. The highest BCUT2D eigenvalue weighted by atomic mass is 16.5. The monoisotopic (exact) mass is 229 g/mol. The SMILES string of the molecule is CCOC(=O)CCNC1(CO)CCCCC1. The van der Waals surface area contributed by atoms with Crippen molar-refractivity contribution in [2.75, 3.05) is 19.8 Å². The zero-order valence-electron chi connectivity index (χ0n) is 10.1. The van der Waals surface area contributed by atoms with Gasteiger partial charge in [0.15, 0.2) is 0 Å². The van der Waals surface area contributed by atoms with Gasteiger partial charge in [0.05, 0.1) is 19.6 Å². The van der Waals surface area contributed by atoms with Crippen molar-refractivity contribution in [1.82, 2.24) is 5.32 Å². The zero-order valence-corrected chi connectivity index (χ0v) is 10.1. The fourth-order valence-electron chi connectivity index (χ4n) is 2.28. The van der Waals surface area contributed by atoms with Crippen molar-refractivity contribution in [1.29, 1.82) is 0 Å². The largest absolute Gasteiger partial charge is 0.466 e. The van der Waals surface area contributed by atoms with Crippen LogP contribution in [-0.2, 0) is 9.53 Å². The molecule has 16 heavy (non-hydrogen) atoms. The van der Waals surface area contributed by atoms with Crippen molar-refractivity contribution in [3.05, 3.63) is 0 Å². The van der Waals surface area contributed by atoms with Gasteiger partial charge >= 0.3 is 5.97 Å². The molecule has 0 unspecified atom stereocenters. The molecule has 4 heteroatoms. The number of esters is 1. The number of rotatable bonds is 6. The van der Waals surface area contributed by atoms with Gasteiger partial charge in [-0.1, -0.05) is 19.3 Å². The second-order valence-electron chi connectivity index (χ2n) is 4.48. The van der Waals surface area contributed by atoms with E-state index in [1.807, 2.05) is 6.92 Å². The fraction of sp³-hybridized carbons (Fsp3) is 0.917. The number of carbonyl (C=O) groups excluding carboxylic acids is 1. The first-order chi connectivity index (χ1) is 7.72. The number of hydrogen-bond donors (Lipinski definition) is 2. The van der Waals surface area contributed by atoms with Crippen LogP contribution in [-0.4, -0.2) is 36.4 Å². The fourth-order valence-corrected chi connectivity index (χ4v) is 2.28. The Hall–Kier alpha value is -0.610. The van der Waals surface area contributed by atoms with Crippen LogP contribution in [0.3, 0.4) is 0 Å². The van der Waals surface area contributed by atoms with Gasteiger partial charge in [0, 0.05) is 12.1 Å². The highest BCUT2D eigenvalue weighted by Gasteiger charge is 2.30. The van der Waals surface area contributed by atoms with E-state index in [0.717, 1.165) is 25.7 Å². The van der Waals surface area contributed by atoms with Gasteiger partial charge in [0.2, 0.25) is 0 Å². The second-order valence-corrected chi connectivity index (χ2v) is 4.48. The summed E-state index contributed by atoms with van der Waals surface area (Å²) in [5.41, 5.74) is -0.148. The van der Waals surface area contributed by atoms with E-state index in [-0.39, 0.29) is 18.1 Å². The van der Waals surface area contributed by atoms with Crippen LogP contribution in [0.15, 0.2) is 0 Å². The summed E-state index contributed by atoms with van der Waals surface area (Å²) in [5.74, 6) is -0.168. The molecule has 0 aliphatic heterocycles. The summed E-state index contributed by atoms with van der Waals surface area (Å²) in [6.45, 7) is 3.00. The molecule has 0 radical (unpaired) electrons. The Morgan fingerprint density at radius 2 is 2.06 bits per heavy atom. The number of carbonyl (C=O) groups is 1. The Morgan fingerprint density at radius 1 is 1.38 bits per heavy atom. The average Bonchev–Trinajstić information content (AvgIpc) is 2.31. The predicted octanol–water partition coefficient (Wildman–Crippen LogP) is 1.22. The third-order valence-corrected chi connectivity index (χ3v) is 3.25. The third kappa shape index (κ3) is 4.10. The van der Waals surface area contributed by atoms with Gasteiger partial charge in [-0.3, -0.25) is 4.79 Å². The molecule has 2 N–H and O–H groups in total. The van der Waals surface area contributed by atoms with E-state index in [9.17, 15) is 9.90 Å². The molecule has 1 aliphatic carbocycles. The quantitative estimate of drug-likeness (QED) is 0.672. The molecular weight excluding hydrogens is 206 g/mol. The minimum Gasteiger partial charge on any atom is -0.466 e. The summed E-state index contributed by atoms with van der Waals surface area (Å²) in [5, 5.41) is 12.8. The second kappa shape index (κ2) is 6.86. The lowest BCUT2D eigenvalue weighted by Gasteiger charge is -2.36. The van der Waals surface area contributed by atoms with Gasteiger partial charge < -0.3 is 15.2 Å². The van der Waals surface area contributed by atoms with E-state index in [1.165, 1.54) is 6.42 Å². The normalized spacial score (nSPS) is 19.4. The number of ether oxygens (including phenoxy) is 1. The lowest BCUT2D eigenvalue weighted by molar-refractivity contribution is -0.143. The van der Waals surface area contributed by atoms with Crippen LogP contribution in [0.1, 0.15) is 45.4 Å². The van der Waals surface area contributed by atoms with Crippen molar-refractivity contribution in [2.24, 2.45) is 0 Å². The Balaban J connectivity index is 2.25. The summed E-state index contributed by atoms with van der Waals surface area (Å²) in [7, 11) is 0. The molecule has 0 bridgehead atoms. The van der Waals surface area contributed by atoms with Gasteiger partial charge in [0.1, 0.15) is 0 Å². The van der Waals surface area contributed by atoms with Crippen molar-refractivity contribution in [3.8, 4) is 0 Å². The van der Waals surface area contributed by atoms with E-state index in [4.69, 9.17) is 4.74 Å². The minimum absolute atomic E-state index is 0.148. The van der Waals surface area contributed by atoms with Crippen LogP contribution < -0.4 is 5.32 Å². The lowest BCUT2D eigenvalue weighted by atomic mass is 9.82. The van der Waals surface area contributed by atoms with Gasteiger partial charge in [-0.25, -0.2) is 0 Å². The smallest absolute Gasteiger partial charge is 0.307 e. The third-order valence-electron chi connectivity index (χ3n) is 3.25. The first-order valence-corrected chi connectivity index (χ1v) is 6.24. The molecule has 1 rings (SSSR count). The van der Waals surface area contributed by atoms with Crippen LogP contribution in [0.4, 0.5) is 0 Å².